The largest absolute Gasteiger partial charge is 0.449 e. The average Bonchev–Trinajstić information content (AvgIpc) is 2.56. The molecule has 0 radical (unpaired) electrons. The SMILES string of the molecule is Cc1ccc(C(=O)O[C@H](C)C(=O)Nc2ccc(Cl)cn2)cc1[N+](=O)[O-]. The van der Waals surface area contributed by atoms with E-state index in [1.807, 2.05) is 0 Å². The number of nitro groups is 1. The van der Waals surface area contributed by atoms with Crippen LogP contribution in [0.3, 0.4) is 0 Å². The van der Waals surface area contributed by atoms with Gasteiger partial charge in [0.2, 0.25) is 0 Å². The predicted molar refractivity (Wildman–Crippen MR) is 90.6 cm³/mol. The van der Waals surface area contributed by atoms with E-state index >= 15 is 0 Å². The molecule has 0 aliphatic rings. The minimum atomic E-state index is -1.12. The Kier molecular flexibility index (Phi) is 5.66. The summed E-state index contributed by atoms with van der Waals surface area (Å²) in [6.07, 6.45) is 0.240. The molecule has 1 heterocycles. The molecule has 1 aromatic carbocycles. The van der Waals surface area contributed by atoms with Crippen LogP contribution < -0.4 is 5.32 Å². The third-order valence-corrected chi connectivity index (χ3v) is 3.50. The average molecular weight is 364 g/mol. The van der Waals surface area contributed by atoms with Gasteiger partial charge in [-0.3, -0.25) is 14.9 Å². The zero-order valence-electron chi connectivity index (χ0n) is 13.4. The van der Waals surface area contributed by atoms with E-state index in [9.17, 15) is 19.7 Å². The van der Waals surface area contributed by atoms with Crippen molar-refractivity contribution in [3.8, 4) is 0 Å². The van der Waals surface area contributed by atoms with Crippen LogP contribution in [0.25, 0.3) is 0 Å². The molecule has 8 nitrogen and oxygen atoms in total. The highest BCUT2D eigenvalue weighted by molar-refractivity contribution is 6.30. The third-order valence-electron chi connectivity index (χ3n) is 3.27. The second kappa shape index (κ2) is 7.71. The van der Waals surface area contributed by atoms with Gasteiger partial charge in [-0.1, -0.05) is 17.7 Å². The molecule has 0 spiro atoms. The summed E-state index contributed by atoms with van der Waals surface area (Å²) >= 11 is 5.70. The van der Waals surface area contributed by atoms with Gasteiger partial charge in [0.1, 0.15) is 5.82 Å². The molecular weight excluding hydrogens is 350 g/mol. The van der Waals surface area contributed by atoms with Crippen LogP contribution >= 0.6 is 11.6 Å². The first-order chi connectivity index (χ1) is 11.8. The molecule has 0 fully saturated rings. The van der Waals surface area contributed by atoms with Crippen molar-refractivity contribution in [3.05, 3.63) is 62.8 Å². The van der Waals surface area contributed by atoms with E-state index in [-0.39, 0.29) is 17.1 Å². The lowest BCUT2D eigenvalue weighted by molar-refractivity contribution is -0.385. The first kappa shape index (κ1) is 18.3. The van der Waals surface area contributed by atoms with E-state index in [1.54, 1.807) is 13.0 Å². The van der Waals surface area contributed by atoms with Gasteiger partial charge in [0.25, 0.3) is 11.6 Å². The number of nitro benzene ring substituents is 1. The molecule has 1 aromatic heterocycles. The van der Waals surface area contributed by atoms with Gasteiger partial charge in [0, 0.05) is 17.8 Å². The monoisotopic (exact) mass is 363 g/mol. The minimum absolute atomic E-state index is 0.0124. The highest BCUT2D eigenvalue weighted by Gasteiger charge is 2.21. The van der Waals surface area contributed by atoms with E-state index in [0.29, 0.717) is 10.6 Å². The second-order valence-electron chi connectivity index (χ2n) is 5.16. The van der Waals surface area contributed by atoms with Gasteiger partial charge in [0.05, 0.1) is 15.5 Å². The number of aryl methyl sites for hydroxylation is 1. The van der Waals surface area contributed by atoms with Crippen molar-refractivity contribution in [1.82, 2.24) is 4.98 Å². The molecule has 0 bridgehead atoms. The van der Waals surface area contributed by atoms with Crippen LogP contribution in [0.2, 0.25) is 5.02 Å². The van der Waals surface area contributed by atoms with Crippen molar-refractivity contribution in [1.29, 1.82) is 0 Å². The number of hydrogen-bond donors (Lipinski definition) is 1. The second-order valence-corrected chi connectivity index (χ2v) is 5.59. The highest BCUT2D eigenvalue weighted by Crippen LogP contribution is 2.20. The molecule has 0 unspecified atom stereocenters. The molecule has 1 N–H and O–H groups in total. The number of halogens is 1. The number of benzene rings is 1. The van der Waals surface area contributed by atoms with E-state index in [1.165, 1.54) is 31.3 Å². The van der Waals surface area contributed by atoms with E-state index < -0.39 is 22.9 Å². The van der Waals surface area contributed by atoms with Gasteiger partial charge in [-0.2, -0.15) is 0 Å². The van der Waals surface area contributed by atoms with Crippen LogP contribution in [0.15, 0.2) is 36.5 Å². The number of nitrogens with zero attached hydrogens (tertiary/aromatic N) is 2. The molecule has 130 valence electrons. The molecular formula is C16H14ClN3O5. The summed E-state index contributed by atoms with van der Waals surface area (Å²) in [5.41, 5.74) is 0.208. The quantitative estimate of drug-likeness (QED) is 0.496. The summed E-state index contributed by atoms with van der Waals surface area (Å²) in [6, 6.07) is 7.00. The smallest absolute Gasteiger partial charge is 0.339 e. The number of pyridine rings is 1. The maximum Gasteiger partial charge on any atom is 0.339 e. The first-order valence-electron chi connectivity index (χ1n) is 7.16. The fraction of sp³-hybridized carbons (Fsp3) is 0.188. The summed E-state index contributed by atoms with van der Waals surface area (Å²) in [5, 5.41) is 13.8. The number of anilines is 1. The van der Waals surface area contributed by atoms with Crippen molar-refractivity contribution >= 4 is 35.0 Å². The number of carbonyl (C=O) groups excluding carboxylic acids is 2. The lowest BCUT2D eigenvalue weighted by Gasteiger charge is -2.13. The maximum absolute atomic E-state index is 12.1. The van der Waals surface area contributed by atoms with Gasteiger partial charge in [0.15, 0.2) is 6.10 Å². The Morgan fingerprint density at radius 3 is 2.64 bits per heavy atom. The fourth-order valence-electron chi connectivity index (χ4n) is 1.89. The number of hydrogen-bond acceptors (Lipinski definition) is 6. The normalized spacial score (nSPS) is 11.5. The van der Waals surface area contributed by atoms with Gasteiger partial charge in [-0.15, -0.1) is 0 Å². The molecule has 2 aromatic rings. The summed E-state index contributed by atoms with van der Waals surface area (Å²) < 4.78 is 5.04. The van der Waals surface area contributed by atoms with Crippen LogP contribution in [0.1, 0.15) is 22.8 Å². The first-order valence-corrected chi connectivity index (χ1v) is 7.54. The van der Waals surface area contributed by atoms with Crippen molar-refractivity contribution in [2.75, 3.05) is 5.32 Å². The Morgan fingerprint density at radius 1 is 1.32 bits per heavy atom. The minimum Gasteiger partial charge on any atom is -0.449 e. The Morgan fingerprint density at radius 2 is 2.04 bits per heavy atom. The molecule has 25 heavy (non-hydrogen) atoms. The molecule has 9 heteroatoms. The topological polar surface area (TPSA) is 111 Å². The van der Waals surface area contributed by atoms with E-state index in [4.69, 9.17) is 16.3 Å². The molecule has 0 saturated carbocycles. The Hall–Kier alpha value is -3.00. The van der Waals surface area contributed by atoms with Gasteiger partial charge in [-0.05, 0) is 32.0 Å². The van der Waals surface area contributed by atoms with Crippen LogP contribution in [0.4, 0.5) is 11.5 Å². The van der Waals surface area contributed by atoms with Crippen molar-refractivity contribution in [2.24, 2.45) is 0 Å². The Balaban J connectivity index is 2.04. The maximum atomic E-state index is 12.1. The zero-order chi connectivity index (χ0) is 18.6. The number of ether oxygens (including phenoxy) is 1. The van der Waals surface area contributed by atoms with Crippen molar-refractivity contribution < 1.29 is 19.2 Å². The standard InChI is InChI=1S/C16H14ClN3O5/c1-9-3-4-11(7-13(9)20(23)24)16(22)25-10(2)15(21)19-14-6-5-12(17)8-18-14/h3-8,10H,1-2H3,(H,18,19,21)/t10-/m1/s1. The summed E-state index contributed by atoms with van der Waals surface area (Å²) in [7, 11) is 0. The van der Waals surface area contributed by atoms with Crippen molar-refractivity contribution in [3.63, 3.8) is 0 Å². The number of carbonyl (C=O) groups is 2. The fourth-order valence-corrected chi connectivity index (χ4v) is 2.00. The van der Waals surface area contributed by atoms with Crippen LogP contribution in [0.5, 0.6) is 0 Å². The Labute approximate surface area is 147 Å². The number of amides is 1. The lowest BCUT2D eigenvalue weighted by atomic mass is 10.1. The molecule has 0 aliphatic carbocycles. The molecule has 0 aliphatic heterocycles. The summed E-state index contributed by atoms with van der Waals surface area (Å²) in [5.74, 6) is -1.18. The lowest BCUT2D eigenvalue weighted by Crippen LogP contribution is -2.30. The zero-order valence-corrected chi connectivity index (χ0v) is 14.1. The van der Waals surface area contributed by atoms with Gasteiger partial charge < -0.3 is 10.1 Å². The summed E-state index contributed by atoms with van der Waals surface area (Å²) in [4.78, 5) is 38.3. The van der Waals surface area contributed by atoms with E-state index in [2.05, 4.69) is 10.3 Å². The van der Waals surface area contributed by atoms with Crippen molar-refractivity contribution in [2.45, 2.75) is 20.0 Å². The van der Waals surface area contributed by atoms with E-state index in [0.717, 1.165) is 6.07 Å². The number of aromatic nitrogens is 1. The predicted octanol–water partition coefficient (Wildman–Crippen LogP) is 3.14. The Bertz CT molecular complexity index is 823. The van der Waals surface area contributed by atoms with Gasteiger partial charge >= 0.3 is 5.97 Å². The molecule has 1 atom stereocenters. The molecule has 1 amide bonds. The molecule has 2 rings (SSSR count). The van der Waals surface area contributed by atoms with Gasteiger partial charge in [-0.25, -0.2) is 9.78 Å². The third kappa shape index (κ3) is 4.74. The number of nitrogens with one attached hydrogen (secondary N) is 1. The number of rotatable bonds is 5. The highest BCUT2D eigenvalue weighted by atomic mass is 35.5. The molecule has 0 saturated heterocycles. The van der Waals surface area contributed by atoms with Crippen LogP contribution in [-0.2, 0) is 9.53 Å². The van der Waals surface area contributed by atoms with Crippen LogP contribution in [-0.4, -0.2) is 27.9 Å². The number of esters is 1. The summed E-state index contributed by atoms with van der Waals surface area (Å²) in [6.45, 7) is 2.94. The van der Waals surface area contributed by atoms with Crippen LogP contribution in [0, 0.1) is 17.0 Å².